The van der Waals surface area contributed by atoms with Crippen LogP contribution in [0.5, 0.6) is 0 Å². The highest BCUT2D eigenvalue weighted by atomic mass is 79.9. The molecule has 0 amide bonds. The quantitative estimate of drug-likeness (QED) is 0.626. The number of rotatable bonds is 4. The van der Waals surface area contributed by atoms with Crippen molar-refractivity contribution in [3.63, 3.8) is 0 Å². The molecule has 11 heteroatoms. The van der Waals surface area contributed by atoms with E-state index in [1.165, 1.54) is 10.9 Å². The van der Waals surface area contributed by atoms with Crippen LogP contribution >= 0.6 is 68.5 Å². The summed E-state index contributed by atoms with van der Waals surface area (Å²) in [4.78, 5) is 28.7. The topological polar surface area (TPSA) is 84.2 Å². The largest absolute Gasteiger partial charge is 0.391 e. The van der Waals surface area contributed by atoms with Crippen LogP contribution < -0.4 is 10.9 Å². The Balaban J connectivity index is 0.00000156. The van der Waals surface area contributed by atoms with E-state index in [9.17, 15) is 14.7 Å². The third kappa shape index (κ3) is 5.03. The van der Waals surface area contributed by atoms with Gasteiger partial charge in [0.15, 0.2) is 5.78 Å². The van der Waals surface area contributed by atoms with E-state index in [-0.39, 0.29) is 69.3 Å². The van der Waals surface area contributed by atoms with Crippen molar-refractivity contribution in [2.45, 2.75) is 38.0 Å². The molecular weight excluding hydrogens is 521 g/mol. The Kier molecular flexibility index (Phi) is 9.00. The molecule has 0 bridgehead atoms. The Morgan fingerprint density at radius 1 is 1.44 bits per heavy atom. The summed E-state index contributed by atoms with van der Waals surface area (Å²) in [5.41, 5.74) is 0.0269. The van der Waals surface area contributed by atoms with Gasteiger partial charge in [0.05, 0.1) is 24.0 Å². The predicted molar refractivity (Wildman–Crippen MR) is 111 cm³/mol. The van der Waals surface area contributed by atoms with Gasteiger partial charge in [-0.2, -0.15) is 0 Å². The minimum atomic E-state index is -0.528. The Labute approximate surface area is 179 Å². The second kappa shape index (κ2) is 9.77. The molecule has 2 unspecified atom stereocenters. The molecule has 0 radical (unpaired) electrons. The molecule has 3 rings (SSSR count). The van der Waals surface area contributed by atoms with Crippen LogP contribution in [0.4, 0.5) is 0 Å². The molecule has 140 valence electrons. The lowest BCUT2D eigenvalue weighted by Crippen LogP contribution is -2.46. The Hall–Kier alpha value is -0.0300. The van der Waals surface area contributed by atoms with E-state index in [0.29, 0.717) is 21.0 Å². The molecular formula is C14H17Br2Cl2N3O3S. The number of carbonyl (C=O) groups is 1. The smallest absolute Gasteiger partial charge is 0.271 e. The van der Waals surface area contributed by atoms with Crippen molar-refractivity contribution >= 4 is 84.5 Å². The highest BCUT2D eigenvalue weighted by Gasteiger charge is 2.25. The van der Waals surface area contributed by atoms with Crippen molar-refractivity contribution in [3.05, 3.63) is 26.0 Å². The zero-order valence-corrected chi connectivity index (χ0v) is 18.7. The number of ketones is 1. The maximum Gasteiger partial charge on any atom is 0.271 e. The summed E-state index contributed by atoms with van der Waals surface area (Å²) in [6.45, 7) is 0.703. The number of fused-ring (bicyclic) bond motifs is 1. The fraction of sp³-hybridized carbons (Fsp3) is 0.500. The number of piperidine rings is 1. The number of aromatic nitrogens is 2. The van der Waals surface area contributed by atoms with Crippen LogP contribution in [-0.2, 0) is 11.3 Å². The molecule has 2 N–H and O–H groups in total. The Bertz CT molecular complexity index is 814. The van der Waals surface area contributed by atoms with Crippen LogP contribution in [-0.4, -0.2) is 39.1 Å². The molecule has 1 aliphatic heterocycles. The first kappa shape index (κ1) is 23.0. The van der Waals surface area contributed by atoms with Gasteiger partial charge < -0.3 is 10.4 Å². The number of halogens is 4. The average molecular weight is 538 g/mol. The van der Waals surface area contributed by atoms with Crippen LogP contribution in [0, 0.1) is 0 Å². The maximum atomic E-state index is 12.4. The van der Waals surface area contributed by atoms with E-state index < -0.39 is 6.10 Å². The normalized spacial score (nSPS) is 20.0. The van der Waals surface area contributed by atoms with Gasteiger partial charge in [-0.05, 0) is 19.4 Å². The number of aliphatic hydroxyl groups is 1. The molecule has 0 aliphatic carbocycles. The number of hydrogen-bond donors (Lipinski definition) is 2. The predicted octanol–water partition coefficient (Wildman–Crippen LogP) is 2.99. The molecule has 25 heavy (non-hydrogen) atoms. The third-order valence-electron chi connectivity index (χ3n) is 3.91. The van der Waals surface area contributed by atoms with Gasteiger partial charge in [0.1, 0.15) is 14.6 Å². The number of Topliss-reactive ketones (excluding diaryl/α,β-unsaturated/α-hetero) is 1. The summed E-state index contributed by atoms with van der Waals surface area (Å²) in [5.74, 6) is -0.138. The highest BCUT2D eigenvalue weighted by molar-refractivity contribution is 8.93. The summed E-state index contributed by atoms with van der Waals surface area (Å²) in [6, 6.07) is -0.255. The van der Waals surface area contributed by atoms with Crippen molar-refractivity contribution in [1.82, 2.24) is 14.9 Å². The highest BCUT2D eigenvalue weighted by Crippen LogP contribution is 2.35. The van der Waals surface area contributed by atoms with Crippen molar-refractivity contribution in [3.8, 4) is 0 Å². The first-order valence-corrected chi connectivity index (χ1v) is 8.80. The molecule has 0 spiro atoms. The maximum absolute atomic E-state index is 12.4. The molecule has 6 nitrogen and oxygen atoms in total. The minimum Gasteiger partial charge on any atom is -0.391 e. The van der Waals surface area contributed by atoms with E-state index in [2.05, 4.69) is 10.3 Å². The van der Waals surface area contributed by atoms with Crippen LogP contribution in [0.2, 0.25) is 9.36 Å². The van der Waals surface area contributed by atoms with E-state index in [1.807, 2.05) is 0 Å². The van der Waals surface area contributed by atoms with Gasteiger partial charge in [-0.1, -0.05) is 23.2 Å². The van der Waals surface area contributed by atoms with E-state index >= 15 is 0 Å². The number of aliphatic hydroxyl groups excluding tert-OH is 1. The van der Waals surface area contributed by atoms with Gasteiger partial charge in [-0.15, -0.1) is 45.3 Å². The molecule has 0 saturated carbocycles. The Morgan fingerprint density at radius 2 is 2.16 bits per heavy atom. The van der Waals surface area contributed by atoms with Crippen molar-refractivity contribution < 1.29 is 9.90 Å². The number of carbonyl (C=O) groups excluding carboxylic acids is 1. The van der Waals surface area contributed by atoms with Crippen LogP contribution in [0.25, 0.3) is 10.2 Å². The van der Waals surface area contributed by atoms with Crippen LogP contribution in [0.15, 0.2) is 11.1 Å². The molecule has 2 atom stereocenters. The standard InChI is InChI=1S/C14H15Cl2N3O3S.2BrH/c15-10-11-12(23-13(10)16)14(22)19(6-18-11)5-7(20)4-8-9(21)2-1-3-17-8;;/h6,8-9,17,21H,1-5H2;2*1H. The summed E-state index contributed by atoms with van der Waals surface area (Å²) >= 11 is 13.0. The van der Waals surface area contributed by atoms with E-state index in [4.69, 9.17) is 23.2 Å². The lowest BCUT2D eigenvalue weighted by atomic mass is 9.97. The van der Waals surface area contributed by atoms with E-state index in [1.54, 1.807) is 0 Å². The molecule has 1 fully saturated rings. The monoisotopic (exact) mass is 535 g/mol. The minimum absolute atomic E-state index is 0. The second-order valence-electron chi connectivity index (χ2n) is 5.56. The molecule has 0 aromatic carbocycles. The number of thiophene rings is 1. The summed E-state index contributed by atoms with van der Waals surface area (Å²) in [5, 5.41) is 13.3. The summed E-state index contributed by atoms with van der Waals surface area (Å²) in [6.07, 6.45) is 2.54. The fourth-order valence-corrected chi connectivity index (χ4v) is 4.16. The van der Waals surface area contributed by atoms with Crippen molar-refractivity contribution in [2.75, 3.05) is 6.54 Å². The fourth-order valence-electron chi connectivity index (χ4n) is 2.70. The molecule has 2 aromatic rings. The van der Waals surface area contributed by atoms with Gasteiger partial charge in [0.2, 0.25) is 0 Å². The second-order valence-corrected chi connectivity index (χ2v) is 7.56. The average Bonchev–Trinajstić information content (AvgIpc) is 2.81. The van der Waals surface area contributed by atoms with Crippen molar-refractivity contribution in [1.29, 1.82) is 0 Å². The Morgan fingerprint density at radius 3 is 2.84 bits per heavy atom. The summed E-state index contributed by atoms with van der Waals surface area (Å²) < 4.78 is 1.90. The molecule has 3 heterocycles. The van der Waals surface area contributed by atoms with Gasteiger partial charge in [-0.3, -0.25) is 14.2 Å². The van der Waals surface area contributed by atoms with E-state index in [0.717, 1.165) is 24.3 Å². The van der Waals surface area contributed by atoms with Gasteiger partial charge in [0.25, 0.3) is 5.56 Å². The third-order valence-corrected chi connectivity index (χ3v) is 5.86. The zero-order valence-electron chi connectivity index (χ0n) is 12.9. The number of nitrogens with one attached hydrogen (secondary N) is 1. The van der Waals surface area contributed by atoms with Crippen LogP contribution in [0.3, 0.4) is 0 Å². The molecule has 1 saturated heterocycles. The molecule has 1 aliphatic rings. The van der Waals surface area contributed by atoms with Gasteiger partial charge in [-0.25, -0.2) is 4.98 Å². The SMILES string of the molecule is Br.Br.O=C(CC1NCCCC1O)Cn1cnc2c(Cl)c(Cl)sc2c1=O. The van der Waals surface area contributed by atoms with Crippen LogP contribution in [0.1, 0.15) is 19.3 Å². The first-order chi connectivity index (χ1) is 11.0. The zero-order chi connectivity index (χ0) is 16.6. The first-order valence-electron chi connectivity index (χ1n) is 7.23. The lowest BCUT2D eigenvalue weighted by Gasteiger charge is -2.28. The van der Waals surface area contributed by atoms with Crippen molar-refractivity contribution in [2.24, 2.45) is 0 Å². The lowest BCUT2D eigenvalue weighted by molar-refractivity contribution is -0.121. The van der Waals surface area contributed by atoms with Gasteiger partial charge >= 0.3 is 0 Å². The number of hydrogen-bond acceptors (Lipinski definition) is 6. The number of nitrogens with zero attached hydrogens (tertiary/aromatic N) is 2. The summed E-state index contributed by atoms with van der Waals surface area (Å²) in [7, 11) is 0. The van der Waals surface area contributed by atoms with Gasteiger partial charge in [0, 0.05) is 12.5 Å². The molecule has 2 aromatic heterocycles.